The Kier molecular flexibility index (Phi) is 3.73. The van der Waals surface area contributed by atoms with Crippen LogP contribution in [0.25, 0.3) is 0 Å². The second kappa shape index (κ2) is 5.26. The van der Waals surface area contributed by atoms with E-state index >= 15 is 0 Å². The van der Waals surface area contributed by atoms with Gasteiger partial charge in [0, 0.05) is 11.3 Å². The van der Waals surface area contributed by atoms with Crippen LogP contribution in [0.5, 0.6) is 5.75 Å². The van der Waals surface area contributed by atoms with Crippen molar-refractivity contribution >= 4 is 11.8 Å². The smallest absolute Gasteiger partial charge is 0.140 e. The zero-order chi connectivity index (χ0) is 10.5. The molecule has 1 aromatic carbocycles. The van der Waals surface area contributed by atoms with Crippen molar-refractivity contribution in [3.63, 3.8) is 0 Å². The normalized spacial score (nSPS) is 15.9. The fourth-order valence-corrected chi connectivity index (χ4v) is 2.27. The zero-order valence-electron chi connectivity index (χ0n) is 9.03. The predicted octanol–water partition coefficient (Wildman–Crippen LogP) is 4.25. The minimum atomic E-state index is 0.998. The van der Waals surface area contributed by atoms with Crippen molar-refractivity contribution in [2.24, 2.45) is 0 Å². The van der Waals surface area contributed by atoms with Gasteiger partial charge in [-0.2, -0.15) is 0 Å². The second-order valence-corrected chi connectivity index (χ2v) is 4.52. The maximum absolute atomic E-state index is 5.92. The van der Waals surface area contributed by atoms with E-state index < -0.39 is 0 Å². The van der Waals surface area contributed by atoms with Gasteiger partial charge in [0.15, 0.2) is 0 Å². The minimum absolute atomic E-state index is 0.998. The molecule has 2 heteroatoms. The molecule has 0 amide bonds. The third kappa shape index (κ3) is 2.78. The lowest BCUT2D eigenvalue weighted by atomic mass is 10.1. The second-order valence-electron chi connectivity index (χ2n) is 3.67. The van der Waals surface area contributed by atoms with Gasteiger partial charge in [-0.05, 0) is 43.7 Å². The fourth-order valence-electron chi connectivity index (χ4n) is 1.75. The topological polar surface area (TPSA) is 9.23 Å². The molecular weight excluding hydrogens is 204 g/mol. The van der Waals surface area contributed by atoms with Gasteiger partial charge >= 0.3 is 0 Å². The van der Waals surface area contributed by atoms with Crippen LogP contribution in [0.2, 0.25) is 0 Å². The minimum Gasteiger partial charge on any atom is -0.461 e. The highest BCUT2D eigenvalue weighted by Crippen LogP contribution is 2.30. The van der Waals surface area contributed by atoms with Crippen LogP contribution in [-0.2, 0) is 0 Å². The number of allylic oxidation sites excluding steroid dienone is 2. The number of hydrogen-bond donors (Lipinski definition) is 0. The average molecular weight is 220 g/mol. The lowest BCUT2D eigenvalue weighted by Gasteiger charge is -2.15. The molecule has 2 rings (SSSR count). The Morgan fingerprint density at radius 3 is 2.80 bits per heavy atom. The van der Waals surface area contributed by atoms with E-state index in [1.807, 2.05) is 18.2 Å². The van der Waals surface area contributed by atoms with Gasteiger partial charge in [-0.1, -0.05) is 12.1 Å². The van der Waals surface area contributed by atoms with E-state index in [2.05, 4.69) is 18.4 Å². The zero-order valence-corrected chi connectivity index (χ0v) is 9.85. The number of rotatable bonds is 3. The van der Waals surface area contributed by atoms with Gasteiger partial charge in [0.2, 0.25) is 0 Å². The number of hydrogen-bond acceptors (Lipinski definition) is 2. The number of thioether (sulfide) groups is 1. The van der Waals surface area contributed by atoms with Crippen molar-refractivity contribution in [1.29, 1.82) is 0 Å². The first kappa shape index (κ1) is 10.6. The van der Waals surface area contributed by atoms with Gasteiger partial charge in [0.05, 0.1) is 0 Å². The summed E-state index contributed by atoms with van der Waals surface area (Å²) in [5.41, 5.74) is 0. The molecule has 0 aromatic heterocycles. The van der Waals surface area contributed by atoms with Crippen LogP contribution in [0.1, 0.15) is 25.7 Å². The highest BCUT2D eigenvalue weighted by molar-refractivity contribution is 7.98. The Balaban J connectivity index is 2.12. The van der Waals surface area contributed by atoms with Crippen LogP contribution in [0.3, 0.4) is 0 Å². The van der Waals surface area contributed by atoms with Crippen LogP contribution in [0, 0.1) is 0 Å². The van der Waals surface area contributed by atoms with Gasteiger partial charge in [0.25, 0.3) is 0 Å². The van der Waals surface area contributed by atoms with Gasteiger partial charge in [0.1, 0.15) is 11.5 Å². The van der Waals surface area contributed by atoms with E-state index in [-0.39, 0.29) is 0 Å². The first-order chi connectivity index (χ1) is 7.40. The van der Waals surface area contributed by atoms with E-state index in [9.17, 15) is 0 Å². The van der Waals surface area contributed by atoms with Crippen LogP contribution in [0.4, 0.5) is 0 Å². The Morgan fingerprint density at radius 1 is 1.20 bits per heavy atom. The summed E-state index contributed by atoms with van der Waals surface area (Å²) >= 11 is 1.73. The van der Waals surface area contributed by atoms with E-state index in [0.717, 1.165) is 24.4 Å². The quantitative estimate of drug-likeness (QED) is 0.704. The molecule has 0 N–H and O–H groups in total. The third-order valence-corrected chi connectivity index (χ3v) is 3.34. The molecule has 1 nitrogen and oxygen atoms in total. The molecule has 0 atom stereocenters. The highest BCUT2D eigenvalue weighted by Gasteiger charge is 2.08. The molecule has 1 aliphatic rings. The number of ether oxygens (including phenoxy) is 1. The molecule has 1 aromatic rings. The summed E-state index contributed by atoms with van der Waals surface area (Å²) in [7, 11) is 0. The highest BCUT2D eigenvalue weighted by atomic mass is 32.2. The monoisotopic (exact) mass is 220 g/mol. The molecule has 0 saturated heterocycles. The molecule has 0 radical (unpaired) electrons. The van der Waals surface area contributed by atoms with Crippen molar-refractivity contribution in [2.45, 2.75) is 30.6 Å². The van der Waals surface area contributed by atoms with Gasteiger partial charge in [-0.3, -0.25) is 0 Å². The molecule has 0 heterocycles. The number of benzene rings is 1. The van der Waals surface area contributed by atoms with Crippen LogP contribution in [0.15, 0.2) is 41.0 Å². The Labute approximate surface area is 95.5 Å². The summed E-state index contributed by atoms with van der Waals surface area (Å²) in [5.74, 6) is 2.14. The summed E-state index contributed by atoms with van der Waals surface area (Å²) < 4.78 is 5.92. The summed E-state index contributed by atoms with van der Waals surface area (Å²) in [6, 6.07) is 8.22. The largest absolute Gasteiger partial charge is 0.461 e. The molecule has 0 bridgehead atoms. The van der Waals surface area contributed by atoms with Crippen molar-refractivity contribution in [3.05, 3.63) is 36.1 Å². The van der Waals surface area contributed by atoms with Gasteiger partial charge in [-0.25, -0.2) is 0 Å². The maximum Gasteiger partial charge on any atom is 0.140 e. The Hall–Kier alpha value is -0.890. The number of para-hydroxylation sites is 1. The van der Waals surface area contributed by atoms with Crippen molar-refractivity contribution < 1.29 is 4.74 Å². The lowest BCUT2D eigenvalue weighted by molar-refractivity contribution is 0.376. The summed E-state index contributed by atoms with van der Waals surface area (Å²) in [6.45, 7) is 0. The molecule has 0 spiro atoms. The first-order valence-corrected chi connectivity index (χ1v) is 6.62. The van der Waals surface area contributed by atoms with Gasteiger partial charge < -0.3 is 4.74 Å². The summed E-state index contributed by atoms with van der Waals surface area (Å²) in [4.78, 5) is 1.21. The fraction of sp³-hybridized carbons (Fsp3) is 0.385. The molecule has 0 aliphatic heterocycles. The SMILES string of the molecule is CSc1ccccc1OC1=CCCCC1. The molecule has 0 fully saturated rings. The van der Waals surface area contributed by atoms with Crippen LogP contribution in [-0.4, -0.2) is 6.26 Å². The molecule has 80 valence electrons. The molecule has 0 saturated carbocycles. The van der Waals surface area contributed by atoms with Crippen LogP contribution >= 0.6 is 11.8 Å². The summed E-state index contributed by atoms with van der Waals surface area (Å²) in [6.07, 6.45) is 9.11. The molecule has 0 unspecified atom stereocenters. The van der Waals surface area contributed by atoms with E-state index in [0.29, 0.717) is 0 Å². The third-order valence-electron chi connectivity index (χ3n) is 2.56. The summed E-state index contributed by atoms with van der Waals surface area (Å²) in [5, 5.41) is 0. The first-order valence-electron chi connectivity index (χ1n) is 5.40. The molecular formula is C13H16OS. The standard InChI is InChI=1S/C13H16OS/c1-15-13-10-6-5-9-12(13)14-11-7-3-2-4-8-11/h5-7,9-10H,2-4,8H2,1H3. The van der Waals surface area contributed by atoms with Crippen molar-refractivity contribution in [1.82, 2.24) is 0 Å². The van der Waals surface area contributed by atoms with E-state index in [4.69, 9.17) is 4.74 Å². The van der Waals surface area contributed by atoms with Crippen LogP contribution < -0.4 is 4.74 Å². The molecule has 1 aliphatic carbocycles. The van der Waals surface area contributed by atoms with E-state index in [1.165, 1.54) is 17.7 Å². The van der Waals surface area contributed by atoms with Gasteiger partial charge in [-0.15, -0.1) is 11.8 Å². The average Bonchev–Trinajstić information content (AvgIpc) is 2.31. The Bertz CT molecular complexity index is 357. The van der Waals surface area contributed by atoms with E-state index in [1.54, 1.807) is 11.8 Å². The molecule has 15 heavy (non-hydrogen) atoms. The van der Waals surface area contributed by atoms with Crippen molar-refractivity contribution in [2.75, 3.05) is 6.26 Å². The maximum atomic E-state index is 5.92. The Morgan fingerprint density at radius 2 is 2.07 bits per heavy atom. The van der Waals surface area contributed by atoms with Crippen molar-refractivity contribution in [3.8, 4) is 5.75 Å². The lowest BCUT2D eigenvalue weighted by Crippen LogP contribution is -2.00. The predicted molar refractivity (Wildman–Crippen MR) is 65.4 cm³/mol.